The third-order valence-electron chi connectivity index (χ3n) is 2.59. The summed E-state index contributed by atoms with van der Waals surface area (Å²) in [6.45, 7) is 5.65. The average molecular weight is 244 g/mol. The zero-order valence-corrected chi connectivity index (χ0v) is 10.3. The summed E-state index contributed by atoms with van der Waals surface area (Å²) in [5, 5.41) is 11.5. The number of aliphatic carboxylic acids is 1. The van der Waals surface area contributed by atoms with Gasteiger partial charge in [0.2, 0.25) is 5.91 Å². The van der Waals surface area contributed by atoms with Gasteiger partial charge in [-0.3, -0.25) is 14.5 Å². The first-order valence-corrected chi connectivity index (χ1v) is 5.84. The lowest BCUT2D eigenvalue weighted by molar-refractivity contribution is -0.140. The van der Waals surface area contributed by atoms with Gasteiger partial charge in [0.25, 0.3) is 0 Å². The van der Waals surface area contributed by atoms with Crippen LogP contribution in [0.5, 0.6) is 0 Å². The molecule has 0 aliphatic carbocycles. The van der Waals surface area contributed by atoms with Crippen LogP contribution in [0.2, 0.25) is 0 Å². The van der Waals surface area contributed by atoms with E-state index in [-0.39, 0.29) is 24.4 Å². The summed E-state index contributed by atoms with van der Waals surface area (Å²) in [7, 11) is 0. The van der Waals surface area contributed by atoms with Crippen molar-refractivity contribution in [1.82, 2.24) is 10.2 Å². The lowest BCUT2D eigenvalue weighted by atomic mass is 10.2. The van der Waals surface area contributed by atoms with E-state index in [1.807, 2.05) is 18.7 Å². The summed E-state index contributed by atoms with van der Waals surface area (Å²) in [5.74, 6) is -0.940. The molecule has 1 aliphatic heterocycles. The van der Waals surface area contributed by atoms with Crippen LogP contribution in [0.4, 0.5) is 0 Å². The summed E-state index contributed by atoms with van der Waals surface area (Å²) in [6.07, 6.45) is 0.0471. The number of carboxylic acid groups (broad SMARTS) is 1. The molecule has 0 aromatic rings. The molecule has 1 fully saturated rings. The second kappa shape index (κ2) is 6.56. The Morgan fingerprint density at radius 2 is 2.24 bits per heavy atom. The molecule has 1 aliphatic rings. The molecule has 6 nitrogen and oxygen atoms in total. The Labute approximate surface area is 101 Å². The van der Waals surface area contributed by atoms with E-state index in [1.54, 1.807) is 0 Å². The van der Waals surface area contributed by atoms with Crippen LogP contribution < -0.4 is 5.32 Å². The molecule has 0 bridgehead atoms. The zero-order valence-electron chi connectivity index (χ0n) is 10.3. The predicted octanol–water partition coefficient (Wildman–Crippen LogP) is -0.313. The minimum atomic E-state index is -0.848. The largest absolute Gasteiger partial charge is 0.481 e. The molecule has 1 heterocycles. The molecule has 17 heavy (non-hydrogen) atoms. The normalized spacial score (nSPS) is 21.5. The Bertz CT molecular complexity index is 281. The fourth-order valence-electron chi connectivity index (χ4n) is 1.77. The Balaban J connectivity index is 2.52. The fourth-order valence-corrected chi connectivity index (χ4v) is 1.77. The number of hydrogen-bond donors (Lipinski definition) is 2. The minimum Gasteiger partial charge on any atom is -0.481 e. The Hall–Kier alpha value is -1.14. The van der Waals surface area contributed by atoms with Crippen molar-refractivity contribution in [2.45, 2.75) is 32.4 Å². The number of hydrogen-bond acceptors (Lipinski definition) is 4. The van der Waals surface area contributed by atoms with Gasteiger partial charge in [-0.15, -0.1) is 0 Å². The SMILES string of the molecule is CC(C)NC(=O)C1COCCN1CCC(=O)O. The Morgan fingerprint density at radius 1 is 1.53 bits per heavy atom. The molecule has 0 saturated carbocycles. The van der Waals surface area contributed by atoms with E-state index in [0.29, 0.717) is 26.3 Å². The lowest BCUT2D eigenvalue weighted by Crippen LogP contribution is -2.55. The molecule has 1 amide bonds. The minimum absolute atomic E-state index is 0.0471. The van der Waals surface area contributed by atoms with Crippen LogP contribution >= 0.6 is 0 Å². The van der Waals surface area contributed by atoms with E-state index in [1.165, 1.54) is 0 Å². The van der Waals surface area contributed by atoms with Crippen molar-refractivity contribution in [1.29, 1.82) is 0 Å². The summed E-state index contributed by atoms with van der Waals surface area (Å²) in [4.78, 5) is 24.3. The molecule has 1 atom stereocenters. The van der Waals surface area contributed by atoms with Gasteiger partial charge in [0.1, 0.15) is 6.04 Å². The molecule has 0 spiro atoms. The highest BCUT2D eigenvalue weighted by Crippen LogP contribution is 2.08. The number of carbonyl (C=O) groups excluding carboxylic acids is 1. The number of ether oxygens (including phenoxy) is 1. The highest BCUT2D eigenvalue weighted by molar-refractivity contribution is 5.82. The molecule has 1 unspecified atom stereocenters. The van der Waals surface area contributed by atoms with E-state index < -0.39 is 5.97 Å². The zero-order chi connectivity index (χ0) is 12.8. The first kappa shape index (κ1) is 13.9. The molecule has 1 saturated heterocycles. The number of carboxylic acids is 1. The first-order valence-electron chi connectivity index (χ1n) is 5.84. The second-order valence-corrected chi connectivity index (χ2v) is 4.43. The van der Waals surface area contributed by atoms with E-state index in [9.17, 15) is 9.59 Å². The van der Waals surface area contributed by atoms with Gasteiger partial charge in [0, 0.05) is 19.1 Å². The van der Waals surface area contributed by atoms with Crippen molar-refractivity contribution >= 4 is 11.9 Å². The first-order chi connectivity index (χ1) is 8.00. The van der Waals surface area contributed by atoms with Crippen LogP contribution in [-0.2, 0) is 14.3 Å². The molecule has 6 heteroatoms. The maximum absolute atomic E-state index is 11.9. The molecule has 0 aromatic carbocycles. The smallest absolute Gasteiger partial charge is 0.304 e. The van der Waals surface area contributed by atoms with Crippen molar-refractivity contribution in [3.05, 3.63) is 0 Å². The van der Waals surface area contributed by atoms with Crippen LogP contribution in [0.1, 0.15) is 20.3 Å². The summed E-state index contributed by atoms with van der Waals surface area (Å²) >= 11 is 0. The average Bonchev–Trinajstić information content (AvgIpc) is 2.25. The van der Waals surface area contributed by atoms with Gasteiger partial charge in [0.05, 0.1) is 19.6 Å². The molecule has 0 radical (unpaired) electrons. The van der Waals surface area contributed by atoms with E-state index in [0.717, 1.165) is 0 Å². The number of carbonyl (C=O) groups is 2. The lowest BCUT2D eigenvalue weighted by Gasteiger charge is -2.34. The highest BCUT2D eigenvalue weighted by Gasteiger charge is 2.29. The number of amides is 1. The molecule has 1 rings (SSSR count). The number of rotatable bonds is 5. The predicted molar refractivity (Wildman–Crippen MR) is 61.7 cm³/mol. The maximum atomic E-state index is 11.9. The quantitative estimate of drug-likeness (QED) is 0.693. The fraction of sp³-hybridized carbons (Fsp3) is 0.818. The molecular weight excluding hydrogens is 224 g/mol. The van der Waals surface area contributed by atoms with Crippen molar-refractivity contribution in [2.24, 2.45) is 0 Å². The third-order valence-corrected chi connectivity index (χ3v) is 2.59. The van der Waals surface area contributed by atoms with Crippen LogP contribution in [0.25, 0.3) is 0 Å². The standard InChI is InChI=1S/C11H20N2O4/c1-8(2)12-11(16)9-7-17-6-5-13(9)4-3-10(14)15/h8-9H,3-7H2,1-2H3,(H,12,16)(H,14,15). The number of nitrogens with zero attached hydrogens (tertiary/aromatic N) is 1. The maximum Gasteiger partial charge on any atom is 0.304 e. The third kappa shape index (κ3) is 4.70. The van der Waals surface area contributed by atoms with Gasteiger partial charge in [0.15, 0.2) is 0 Å². The van der Waals surface area contributed by atoms with Crippen LogP contribution in [0.3, 0.4) is 0 Å². The Morgan fingerprint density at radius 3 is 2.82 bits per heavy atom. The van der Waals surface area contributed by atoms with Crippen molar-refractivity contribution < 1.29 is 19.4 Å². The van der Waals surface area contributed by atoms with Gasteiger partial charge in [-0.25, -0.2) is 0 Å². The van der Waals surface area contributed by atoms with Crippen molar-refractivity contribution in [2.75, 3.05) is 26.3 Å². The van der Waals surface area contributed by atoms with Gasteiger partial charge < -0.3 is 15.2 Å². The molecule has 98 valence electrons. The highest BCUT2D eigenvalue weighted by atomic mass is 16.5. The summed E-state index contributed by atoms with van der Waals surface area (Å²) in [6, 6.07) is -0.295. The summed E-state index contributed by atoms with van der Waals surface area (Å²) < 4.78 is 5.27. The van der Waals surface area contributed by atoms with Gasteiger partial charge in [-0.2, -0.15) is 0 Å². The number of morpholine rings is 1. The topological polar surface area (TPSA) is 78.9 Å². The van der Waals surface area contributed by atoms with Gasteiger partial charge in [-0.1, -0.05) is 0 Å². The van der Waals surface area contributed by atoms with Crippen LogP contribution in [-0.4, -0.2) is 60.3 Å². The summed E-state index contributed by atoms with van der Waals surface area (Å²) in [5.41, 5.74) is 0. The molecular formula is C11H20N2O4. The number of nitrogens with one attached hydrogen (secondary N) is 1. The van der Waals surface area contributed by atoms with E-state index >= 15 is 0 Å². The Kier molecular flexibility index (Phi) is 5.37. The van der Waals surface area contributed by atoms with Crippen LogP contribution in [0, 0.1) is 0 Å². The van der Waals surface area contributed by atoms with E-state index in [4.69, 9.17) is 9.84 Å². The van der Waals surface area contributed by atoms with Gasteiger partial charge in [-0.05, 0) is 13.8 Å². The van der Waals surface area contributed by atoms with Crippen molar-refractivity contribution in [3.8, 4) is 0 Å². The molecule has 0 aromatic heterocycles. The van der Waals surface area contributed by atoms with Gasteiger partial charge >= 0.3 is 5.97 Å². The molecule has 2 N–H and O–H groups in total. The second-order valence-electron chi connectivity index (χ2n) is 4.43. The van der Waals surface area contributed by atoms with E-state index in [2.05, 4.69) is 5.32 Å². The monoisotopic (exact) mass is 244 g/mol. The van der Waals surface area contributed by atoms with Crippen LogP contribution in [0.15, 0.2) is 0 Å². The van der Waals surface area contributed by atoms with Crippen molar-refractivity contribution in [3.63, 3.8) is 0 Å².